The fourth-order valence-electron chi connectivity index (χ4n) is 10.9. The summed E-state index contributed by atoms with van der Waals surface area (Å²) in [4.78, 5) is 42.5. The lowest BCUT2D eigenvalue weighted by Gasteiger charge is -2.59. The number of hydrogen-bond acceptors (Lipinski definition) is 8. The van der Waals surface area contributed by atoms with E-state index in [-0.39, 0.29) is 47.8 Å². The summed E-state index contributed by atoms with van der Waals surface area (Å²) in [6.07, 6.45) is 10.0. The van der Waals surface area contributed by atoms with E-state index in [1.54, 1.807) is 12.1 Å². The van der Waals surface area contributed by atoms with E-state index in [2.05, 4.69) is 32.6 Å². The average molecular weight is 660 g/mol. The molecular weight excluding hydrogens is 606 g/mol. The van der Waals surface area contributed by atoms with Crippen molar-refractivity contribution >= 4 is 17.5 Å². The molecule has 7 rings (SSSR count). The molecule has 1 N–H and O–H groups in total. The molecule has 0 radical (unpaired) electrons. The first-order chi connectivity index (χ1) is 23.1. The number of esters is 1. The maximum absolute atomic E-state index is 13.8. The first-order valence-corrected chi connectivity index (χ1v) is 18.6. The van der Waals surface area contributed by atoms with Crippen LogP contribution in [-0.4, -0.2) is 59.6 Å². The van der Waals surface area contributed by atoms with Crippen molar-refractivity contribution in [3.05, 3.63) is 58.6 Å². The number of carbonyl (C=O) groups is 3. The minimum Gasteiger partial charge on any atom is -0.454 e. The molecule has 48 heavy (non-hydrogen) atoms. The standard InChI is InChI=1S/C40H53NO7/c1-5-41(6-2)22-24-11-10-14-26(19-24)37(45)46-23-33(44)30-18-17-29-28-16-15-27-20-31(42)35-36(48-38(47-35)25-12-8-7-9-13-25)40(27,4)34(28)32(43)21-39(29,30)3/h10-11,14,19-20,25,28-30,32,34,38,43H,5-9,12-13,15-18,21-23H2,1-4H3/t28?,29?,30-,32+,34?,38+,39+,40+/m1/s1. The molecule has 6 aliphatic rings. The van der Waals surface area contributed by atoms with Gasteiger partial charge in [0.05, 0.1) is 17.1 Å². The summed E-state index contributed by atoms with van der Waals surface area (Å²) in [5.41, 5.74) is 1.53. The number of aliphatic hydroxyl groups excluding tert-OH is 1. The second-order valence-electron chi connectivity index (χ2n) is 15.8. The summed E-state index contributed by atoms with van der Waals surface area (Å²) >= 11 is 0. The Balaban J connectivity index is 1.05. The number of aliphatic hydroxyl groups is 1. The van der Waals surface area contributed by atoms with Crippen LogP contribution in [0.15, 0.2) is 47.4 Å². The Kier molecular flexibility index (Phi) is 9.12. The van der Waals surface area contributed by atoms with Crippen LogP contribution < -0.4 is 0 Å². The summed E-state index contributed by atoms with van der Waals surface area (Å²) in [7, 11) is 0. The van der Waals surface area contributed by atoms with Crippen molar-refractivity contribution < 1.29 is 33.7 Å². The Labute approximate surface area is 285 Å². The van der Waals surface area contributed by atoms with E-state index < -0.39 is 29.2 Å². The number of carbonyl (C=O) groups excluding carboxylic acids is 3. The van der Waals surface area contributed by atoms with Gasteiger partial charge in [-0.25, -0.2) is 4.79 Å². The molecule has 260 valence electrons. The number of nitrogens with zero attached hydrogens (tertiary/aromatic N) is 1. The Morgan fingerprint density at radius 3 is 2.54 bits per heavy atom. The molecule has 0 aromatic heterocycles. The van der Waals surface area contributed by atoms with Crippen LogP contribution in [0.2, 0.25) is 0 Å². The zero-order valence-corrected chi connectivity index (χ0v) is 29.2. The number of ketones is 2. The van der Waals surface area contributed by atoms with Gasteiger partial charge in [0.2, 0.25) is 17.8 Å². The molecular formula is C40H53NO7. The minimum absolute atomic E-state index is 0.0583. The van der Waals surface area contributed by atoms with Crippen LogP contribution in [0.5, 0.6) is 0 Å². The smallest absolute Gasteiger partial charge is 0.338 e. The molecule has 8 heteroatoms. The minimum atomic E-state index is -0.672. The van der Waals surface area contributed by atoms with E-state index in [0.29, 0.717) is 23.5 Å². The Morgan fingerprint density at radius 1 is 1.02 bits per heavy atom. The normalized spacial score (nSPS) is 36.0. The molecule has 3 unspecified atom stereocenters. The quantitative estimate of drug-likeness (QED) is 0.290. The highest BCUT2D eigenvalue weighted by molar-refractivity contribution is 6.05. The molecule has 4 fully saturated rings. The van der Waals surface area contributed by atoms with Crippen LogP contribution in [0.25, 0.3) is 0 Å². The monoisotopic (exact) mass is 659 g/mol. The van der Waals surface area contributed by atoms with Crippen LogP contribution in [-0.2, 0) is 30.3 Å². The molecule has 0 amide bonds. The Bertz CT molecular complexity index is 1500. The maximum Gasteiger partial charge on any atom is 0.338 e. The number of ether oxygens (including phenoxy) is 3. The summed E-state index contributed by atoms with van der Waals surface area (Å²) < 4.78 is 18.6. The molecule has 8 atom stereocenters. The van der Waals surface area contributed by atoms with E-state index >= 15 is 0 Å². The Morgan fingerprint density at radius 2 is 1.79 bits per heavy atom. The van der Waals surface area contributed by atoms with Gasteiger partial charge in [0.1, 0.15) is 0 Å². The van der Waals surface area contributed by atoms with Gasteiger partial charge in [-0.15, -0.1) is 0 Å². The molecule has 1 aliphatic heterocycles. The van der Waals surface area contributed by atoms with Crippen LogP contribution in [0, 0.1) is 40.4 Å². The Hall–Kier alpha value is -2.97. The third-order valence-corrected chi connectivity index (χ3v) is 13.4. The zero-order chi connectivity index (χ0) is 33.8. The highest BCUT2D eigenvalue weighted by Crippen LogP contribution is 2.68. The van der Waals surface area contributed by atoms with E-state index in [1.807, 2.05) is 18.2 Å². The first-order valence-electron chi connectivity index (χ1n) is 18.6. The molecule has 0 bridgehead atoms. The van der Waals surface area contributed by atoms with Crippen molar-refractivity contribution in [3.8, 4) is 0 Å². The fraction of sp³-hybridized carbons (Fsp3) is 0.675. The molecule has 0 saturated heterocycles. The second kappa shape index (κ2) is 13.1. The predicted molar refractivity (Wildman–Crippen MR) is 180 cm³/mol. The number of benzene rings is 1. The highest BCUT2D eigenvalue weighted by atomic mass is 16.7. The topological polar surface area (TPSA) is 102 Å². The molecule has 1 aromatic rings. The van der Waals surface area contributed by atoms with Gasteiger partial charge in [-0.05, 0) is 106 Å². The molecule has 8 nitrogen and oxygen atoms in total. The predicted octanol–water partition coefficient (Wildman–Crippen LogP) is 6.76. The van der Waals surface area contributed by atoms with Crippen LogP contribution in [0.4, 0.5) is 0 Å². The fourth-order valence-corrected chi connectivity index (χ4v) is 10.9. The second-order valence-corrected chi connectivity index (χ2v) is 15.8. The van der Waals surface area contributed by atoms with Gasteiger partial charge in [0.25, 0.3) is 0 Å². The SMILES string of the molecule is CCN(CC)Cc1cccc(C(=O)OCC(=O)[C@H]2CCC3C4CCC5=CC(=O)C6=C(O[C@@H](C7CCCCC7)O6)[C@]5(C)C4[C@@H](O)C[C@@]32C)c1. The number of rotatable bonds is 9. The summed E-state index contributed by atoms with van der Waals surface area (Å²) in [6.45, 7) is 10.9. The lowest BCUT2D eigenvalue weighted by Crippen LogP contribution is -2.57. The van der Waals surface area contributed by atoms with Crippen molar-refractivity contribution in [3.63, 3.8) is 0 Å². The zero-order valence-electron chi connectivity index (χ0n) is 29.2. The van der Waals surface area contributed by atoms with Gasteiger partial charge in [0.15, 0.2) is 18.1 Å². The van der Waals surface area contributed by atoms with Gasteiger partial charge in [-0.3, -0.25) is 14.5 Å². The third-order valence-electron chi connectivity index (χ3n) is 13.4. The van der Waals surface area contributed by atoms with Crippen molar-refractivity contribution in [1.29, 1.82) is 0 Å². The van der Waals surface area contributed by atoms with Crippen molar-refractivity contribution in [2.45, 2.75) is 111 Å². The van der Waals surface area contributed by atoms with E-state index in [4.69, 9.17) is 14.2 Å². The highest BCUT2D eigenvalue weighted by Gasteiger charge is 2.66. The van der Waals surface area contributed by atoms with Gasteiger partial charge in [0, 0.05) is 24.3 Å². The van der Waals surface area contributed by atoms with E-state index in [1.165, 1.54) is 6.42 Å². The molecule has 5 aliphatic carbocycles. The molecule has 0 spiro atoms. The third kappa shape index (κ3) is 5.55. The summed E-state index contributed by atoms with van der Waals surface area (Å²) in [5, 5.41) is 12.1. The van der Waals surface area contributed by atoms with Gasteiger partial charge >= 0.3 is 5.97 Å². The van der Waals surface area contributed by atoms with E-state index in [0.717, 1.165) is 82.1 Å². The summed E-state index contributed by atoms with van der Waals surface area (Å²) in [5.74, 6) is 0.613. The molecule has 4 saturated carbocycles. The maximum atomic E-state index is 13.8. The largest absolute Gasteiger partial charge is 0.454 e. The van der Waals surface area contributed by atoms with Crippen molar-refractivity contribution in [2.75, 3.05) is 19.7 Å². The lowest BCUT2D eigenvalue weighted by atomic mass is 9.46. The lowest BCUT2D eigenvalue weighted by molar-refractivity contribution is -0.149. The van der Waals surface area contributed by atoms with Crippen LogP contribution in [0.1, 0.15) is 108 Å². The first kappa shape index (κ1) is 33.5. The van der Waals surface area contributed by atoms with Gasteiger partial charge in [-0.2, -0.15) is 0 Å². The number of Topliss-reactive ketones (excluding diaryl/α,β-unsaturated/α-hetero) is 1. The van der Waals surface area contributed by atoms with Crippen molar-refractivity contribution in [1.82, 2.24) is 4.90 Å². The van der Waals surface area contributed by atoms with E-state index in [9.17, 15) is 19.5 Å². The van der Waals surface area contributed by atoms with Crippen LogP contribution in [0.3, 0.4) is 0 Å². The number of fused-ring (bicyclic) bond motifs is 6. The summed E-state index contributed by atoms with van der Waals surface area (Å²) in [6, 6.07) is 7.48. The molecule has 1 aromatic carbocycles. The van der Waals surface area contributed by atoms with Gasteiger partial charge in [-0.1, -0.05) is 57.7 Å². The molecule has 1 heterocycles. The average Bonchev–Trinajstić information content (AvgIpc) is 3.70. The van der Waals surface area contributed by atoms with Crippen molar-refractivity contribution in [2.24, 2.45) is 40.4 Å². The van der Waals surface area contributed by atoms with Crippen LogP contribution >= 0.6 is 0 Å². The van der Waals surface area contributed by atoms with Gasteiger partial charge < -0.3 is 19.3 Å². The number of allylic oxidation sites excluding steroid dienone is 2. The number of hydrogen-bond donors (Lipinski definition) is 1.